The molecular formula is C13H16N4O3. The summed E-state index contributed by atoms with van der Waals surface area (Å²) in [6, 6.07) is 5.47. The number of hydrogen-bond donors (Lipinski definition) is 2. The van der Waals surface area contributed by atoms with Crippen molar-refractivity contribution in [2.45, 2.75) is 13.0 Å². The van der Waals surface area contributed by atoms with E-state index in [1.165, 1.54) is 13.5 Å². The number of carbonyl (C=O) groups is 1. The lowest BCUT2D eigenvalue weighted by Gasteiger charge is -2.14. The van der Waals surface area contributed by atoms with E-state index in [1.54, 1.807) is 6.07 Å². The molecule has 2 rings (SSSR count). The Hall–Kier alpha value is -2.25. The fourth-order valence-electron chi connectivity index (χ4n) is 1.71. The monoisotopic (exact) mass is 276 g/mol. The first-order valence-electron chi connectivity index (χ1n) is 6.06. The van der Waals surface area contributed by atoms with E-state index in [2.05, 4.69) is 15.5 Å². The third-order valence-corrected chi connectivity index (χ3v) is 2.89. The molecule has 7 nitrogen and oxygen atoms in total. The van der Waals surface area contributed by atoms with E-state index in [0.717, 1.165) is 11.1 Å². The number of aromatic nitrogens is 2. The van der Waals surface area contributed by atoms with Gasteiger partial charge in [-0.15, -0.1) is 10.2 Å². The quantitative estimate of drug-likeness (QED) is 0.843. The number of ether oxygens (including phenoxy) is 1. The molecule has 1 heterocycles. The fraction of sp³-hybridized carbons (Fsp3) is 0.308. The van der Waals surface area contributed by atoms with Gasteiger partial charge in [0.05, 0.1) is 0 Å². The Morgan fingerprint density at radius 1 is 1.55 bits per heavy atom. The molecule has 0 saturated carbocycles. The molecule has 1 unspecified atom stereocenters. The van der Waals surface area contributed by atoms with Crippen LogP contribution in [-0.2, 0) is 9.53 Å². The van der Waals surface area contributed by atoms with Gasteiger partial charge in [0.1, 0.15) is 6.10 Å². The van der Waals surface area contributed by atoms with E-state index in [0.29, 0.717) is 11.6 Å². The largest absolute Gasteiger partial charge is 0.423 e. The SMILES string of the molecule is COC(CN)C(=O)Nc1cc(-c2nnco2)ccc1C. The summed E-state index contributed by atoms with van der Waals surface area (Å²) in [7, 11) is 1.44. The first-order valence-corrected chi connectivity index (χ1v) is 6.06. The summed E-state index contributed by atoms with van der Waals surface area (Å²) in [5.74, 6) is 0.100. The lowest BCUT2D eigenvalue weighted by atomic mass is 10.1. The molecular weight excluding hydrogens is 260 g/mol. The highest BCUT2D eigenvalue weighted by molar-refractivity contribution is 5.95. The molecule has 0 radical (unpaired) electrons. The molecule has 20 heavy (non-hydrogen) atoms. The van der Waals surface area contributed by atoms with Gasteiger partial charge < -0.3 is 20.2 Å². The summed E-state index contributed by atoms with van der Waals surface area (Å²) >= 11 is 0. The number of methoxy groups -OCH3 is 1. The maximum atomic E-state index is 12.0. The summed E-state index contributed by atoms with van der Waals surface area (Å²) in [6.45, 7) is 2.00. The second-order valence-corrected chi connectivity index (χ2v) is 4.22. The molecule has 0 spiro atoms. The van der Waals surface area contributed by atoms with Gasteiger partial charge in [-0.3, -0.25) is 4.79 Å². The molecule has 1 aromatic heterocycles. The van der Waals surface area contributed by atoms with E-state index >= 15 is 0 Å². The van der Waals surface area contributed by atoms with Crippen molar-refractivity contribution in [2.24, 2.45) is 5.73 Å². The predicted molar refractivity (Wildman–Crippen MR) is 73.0 cm³/mol. The number of aryl methyl sites for hydroxylation is 1. The average molecular weight is 276 g/mol. The van der Waals surface area contributed by atoms with E-state index in [-0.39, 0.29) is 12.5 Å². The predicted octanol–water partition coefficient (Wildman–Crippen LogP) is 0.957. The maximum absolute atomic E-state index is 12.0. The number of carbonyl (C=O) groups excluding carboxylic acids is 1. The van der Waals surface area contributed by atoms with E-state index in [4.69, 9.17) is 14.9 Å². The van der Waals surface area contributed by atoms with Crippen LogP contribution in [0.15, 0.2) is 29.0 Å². The van der Waals surface area contributed by atoms with Gasteiger partial charge in [-0.25, -0.2) is 0 Å². The number of anilines is 1. The van der Waals surface area contributed by atoms with E-state index < -0.39 is 6.10 Å². The molecule has 106 valence electrons. The first kappa shape index (κ1) is 14.2. The zero-order valence-corrected chi connectivity index (χ0v) is 11.3. The van der Waals surface area contributed by atoms with Crippen LogP contribution >= 0.6 is 0 Å². The zero-order chi connectivity index (χ0) is 14.5. The van der Waals surface area contributed by atoms with Crippen molar-refractivity contribution >= 4 is 11.6 Å². The molecule has 0 fully saturated rings. The summed E-state index contributed by atoms with van der Waals surface area (Å²) < 4.78 is 10.1. The van der Waals surface area contributed by atoms with Crippen molar-refractivity contribution in [3.63, 3.8) is 0 Å². The Morgan fingerprint density at radius 3 is 2.95 bits per heavy atom. The van der Waals surface area contributed by atoms with E-state index in [1.807, 2.05) is 19.1 Å². The number of rotatable bonds is 5. The lowest BCUT2D eigenvalue weighted by molar-refractivity contribution is -0.125. The van der Waals surface area contributed by atoms with Crippen LogP contribution in [0.3, 0.4) is 0 Å². The van der Waals surface area contributed by atoms with Gasteiger partial charge in [0.15, 0.2) is 0 Å². The zero-order valence-electron chi connectivity index (χ0n) is 11.3. The van der Waals surface area contributed by atoms with Crippen molar-refractivity contribution in [3.05, 3.63) is 30.2 Å². The molecule has 2 aromatic rings. The van der Waals surface area contributed by atoms with Crippen LogP contribution in [0.25, 0.3) is 11.5 Å². The number of hydrogen-bond acceptors (Lipinski definition) is 6. The highest BCUT2D eigenvalue weighted by Crippen LogP contribution is 2.24. The van der Waals surface area contributed by atoms with Gasteiger partial charge in [-0.1, -0.05) is 6.07 Å². The summed E-state index contributed by atoms with van der Waals surface area (Å²) in [5.41, 5.74) is 7.76. The van der Waals surface area contributed by atoms with Gasteiger partial charge in [0.2, 0.25) is 12.3 Å². The van der Waals surface area contributed by atoms with Gasteiger partial charge in [0, 0.05) is 24.9 Å². The van der Waals surface area contributed by atoms with Crippen LogP contribution in [0, 0.1) is 6.92 Å². The van der Waals surface area contributed by atoms with Crippen LogP contribution < -0.4 is 11.1 Å². The Balaban J connectivity index is 2.23. The minimum atomic E-state index is -0.679. The standard InChI is InChI=1S/C13H16N4O3/c1-8-3-4-9(13-17-15-7-20-13)5-10(8)16-12(18)11(6-14)19-2/h3-5,7,11H,6,14H2,1-2H3,(H,16,18). The average Bonchev–Trinajstić information content (AvgIpc) is 2.96. The lowest BCUT2D eigenvalue weighted by Crippen LogP contribution is -2.36. The molecule has 0 aliphatic heterocycles. The molecule has 0 bridgehead atoms. The van der Waals surface area contributed by atoms with E-state index in [9.17, 15) is 4.79 Å². The Morgan fingerprint density at radius 2 is 2.35 bits per heavy atom. The molecule has 1 atom stereocenters. The minimum absolute atomic E-state index is 0.116. The van der Waals surface area contributed by atoms with Crippen LogP contribution in [0.5, 0.6) is 0 Å². The van der Waals surface area contributed by atoms with Gasteiger partial charge in [0.25, 0.3) is 5.91 Å². The topological polar surface area (TPSA) is 103 Å². The van der Waals surface area contributed by atoms with Crippen LogP contribution in [-0.4, -0.2) is 35.9 Å². The molecule has 0 saturated heterocycles. The molecule has 3 N–H and O–H groups in total. The number of nitrogens with one attached hydrogen (secondary N) is 1. The highest BCUT2D eigenvalue weighted by atomic mass is 16.5. The third-order valence-electron chi connectivity index (χ3n) is 2.89. The molecule has 0 aliphatic rings. The van der Waals surface area contributed by atoms with Crippen LogP contribution in [0.4, 0.5) is 5.69 Å². The normalized spacial score (nSPS) is 12.2. The maximum Gasteiger partial charge on any atom is 0.254 e. The fourth-order valence-corrected chi connectivity index (χ4v) is 1.71. The Kier molecular flexibility index (Phi) is 4.44. The van der Waals surface area contributed by atoms with Crippen LogP contribution in [0.1, 0.15) is 5.56 Å². The summed E-state index contributed by atoms with van der Waals surface area (Å²) in [4.78, 5) is 12.0. The van der Waals surface area contributed by atoms with Gasteiger partial charge >= 0.3 is 0 Å². The van der Waals surface area contributed by atoms with Gasteiger partial charge in [-0.05, 0) is 24.6 Å². The molecule has 7 heteroatoms. The van der Waals surface area contributed by atoms with Crippen molar-refractivity contribution < 1.29 is 13.9 Å². The first-order chi connectivity index (χ1) is 9.65. The Labute approximate surface area is 116 Å². The van der Waals surface area contributed by atoms with Gasteiger partial charge in [-0.2, -0.15) is 0 Å². The number of nitrogens with two attached hydrogens (primary N) is 1. The smallest absolute Gasteiger partial charge is 0.254 e. The minimum Gasteiger partial charge on any atom is -0.423 e. The molecule has 1 aromatic carbocycles. The van der Waals surface area contributed by atoms with Crippen LogP contribution in [0.2, 0.25) is 0 Å². The number of amides is 1. The second-order valence-electron chi connectivity index (χ2n) is 4.22. The number of benzene rings is 1. The second kappa shape index (κ2) is 6.27. The Bertz CT molecular complexity index is 579. The molecule has 1 amide bonds. The highest BCUT2D eigenvalue weighted by Gasteiger charge is 2.17. The summed E-state index contributed by atoms with van der Waals surface area (Å²) in [5, 5.41) is 10.2. The van der Waals surface area contributed by atoms with Crippen molar-refractivity contribution in [2.75, 3.05) is 19.0 Å². The summed E-state index contributed by atoms with van der Waals surface area (Å²) in [6.07, 6.45) is 0.574. The van der Waals surface area contributed by atoms with Crippen molar-refractivity contribution in [1.29, 1.82) is 0 Å². The number of nitrogens with zero attached hydrogens (tertiary/aromatic N) is 2. The van der Waals surface area contributed by atoms with Crippen molar-refractivity contribution in [1.82, 2.24) is 10.2 Å². The third kappa shape index (κ3) is 3.01. The van der Waals surface area contributed by atoms with Crippen molar-refractivity contribution in [3.8, 4) is 11.5 Å². The molecule has 0 aliphatic carbocycles.